The normalized spacial score (nSPS) is 37.5. The molecule has 2 fully saturated rings. The van der Waals surface area contributed by atoms with Crippen molar-refractivity contribution in [1.29, 1.82) is 0 Å². The van der Waals surface area contributed by atoms with Crippen LogP contribution in [0.4, 0.5) is 0 Å². The van der Waals surface area contributed by atoms with Gasteiger partial charge in [0, 0.05) is 25.4 Å². The molecule has 2 aliphatic rings. The molecule has 0 aromatic rings. The average molecular weight is 241 g/mol. The number of rotatable bonds is 2. The zero-order valence-electron chi connectivity index (χ0n) is 10.4. The Balaban J connectivity index is 2.19. The molecule has 96 valence electrons. The van der Waals surface area contributed by atoms with Crippen LogP contribution in [0.25, 0.3) is 0 Å². The maximum absolute atomic E-state index is 11.9. The molecule has 1 amide bonds. The smallest absolute Gasteiger partial charge is 0.309 e. The van der Waals surface area contributed by atoms with Crippen LogP contribution in [0.3, 0.4) is 0 Å². The maximum Gasteiger partial charge on any atom is 0.309 e. The number of esters is 1. The monoisotopic (exact) mass is 241 g/mol. The van der Waals surface area contributed by atoms with Crippen molar-refractivity contribution in [2.45, 2.75) is 32.5 Å². The lowest BCUT2D eigenvalue weighted by Gasteiger charge is -2.34. The van der Waals surface area contributed by atoms with Gasteiger partial charge < -0.3 is 10.1 Å². The number of nitrogens with one attached hydrogen (secondary N) is 2. The Bertz CT molecular complexity index is 334. The molecule has 2 N–H and O–H groups in total. The number of carbonyl (C=O) groups excluding carboxylic acids is 2. The minimum absolute atomic E-state index is 0.0664. The Morgan fingerprint density at radius 1 is 1.59 bits per heavy atom. The highest BCUT2D eigenvalue weighted by Crippen LogP contribution is 2.33. The summed E-state index contributed by atoms with van der Waals surface area (Å²) in [6.07, 6.45) is 0.0977. The fourth-order valence-corrected chi connectivity index (χ4v) is 2.83. The van der Waals surface area contributed by atoms with Gasteiger partial charge in [-0.2, -0.15) is 0 Å². The minimum Gasteiger partial charge on any atom is -0.466 e. The molecule has 0 aliphatic carbocycles. The fraction of sp³-hybridized carbons (Fsp3) is 0.818. The molecule has 2 heterocycles. The number of hydrogen-bond acceptors (Lipinski definition) is 5. The molecule has 0 bridgehead atoms. The van der Waals surface area contributed by atoms with E-state index < -0.39 is 0 Å². The van der Waals surface area contributed by atoms with Gasteiger partial charge in [-0.3, -0.25) is 15.0 Å². The molecule has 2 rings (SSSR count). The summed E-state index contributed by atoms with van der Waals surface area (Å²) in [6.45, 7) is 4.15. The van der Waals surface area contributed by atoms with E-state index in [0.717, 1.165) is 0 Å². The predicted molar refractivity (Wildman–Crippen MR) is 60.5 cm³/mol. The summed E-state index contributed by atoms with van der Waals surface area (Å²) >= 11 is 0. The molecule has 0 radical (unpaired) electrons. The minimum atomic E-state index is -0.346. The van der Waals surface area contributed by atoms with E-state index in [0.29, 0.717) is 6.61 Å². The van der Waals surface area contributed by atoms with Crippen molar-refractivity contribution in [3.05, 3.63) is 0 Å². The summed E-state index contributed by atoms with van der Waals surface area (Å²) < 4.78 is 5.06. The van der Waals surface area contributed by atoms with E-state index in [1.54, 1.807) is 6.92 Å². The molecule has 4 atom stereocenters. The molecule has 0 saturated carbocycles. The summed E-state index contributed by atoms with van der Waals surface area (Å²) in [6, 6.07) is 0.153. The van der Waals surface area contributed by atoms with Crippen molar-refractivity contribution >= 4 is 11.9 Å². The Morgan fingerprint density at radius 3 is 2.94 bits per heavy atom. The maximum atomic E-state index is 11.9. The first-order chi connectivity index (χ1) is 8.04. The van der Waals surface area contributed by atoms with E-state index in [-0.39, 0.29) is 42.3 Å². The van der Waals surface area contributed by atoms with E-state index in [2.05, 4.69) is 10.7 Å². The van der Waals surface area contributed by atoms with E-state index in [1.807, 2.05) is 19.0 Å². The Kier molecular flexibility index (Phi) is 3.35. The molecule has 2 aliphatic heterocycles. The van der Waals surface area contributed by atoms with Gasteiger partial charge in [0.1, 0.15) is 0 Å². The van der Waals surface area contributed by atoms with Gasteiger partial charge in [0.15, 0.2) is 0 Å². The lowest BCUT2D eigenvalue weighted by atomic mass is 9.80. The summed E-state index contributed by atoms with van der Waals surface area (Å²) in [5.74, 6) is -0.633. The van der Waals surface area contributed by atoms with Gasteiger partial charge in [-0.05, 0) is 13.8 Å². The van der Waals surface area contributed by atoms with Gasteiger partial charge in [-0.25, -0.2) is 5.01 Å². The fourth-order valence-electron chi connectivity index (χ4n) is 2.83. The second-order valence-electron chi connectivity index (χ2n) is 4.68. The summed E-state index contributed by atoms with van der Waals surface area (Å²) in [5, 5.41) is 4.76. The van der Waals surface area contributed by atoms with Crippen LogP contribution >= 0.6 is 0 Å². The first kappa shape index (κ1) is 12.3. The molecule has 6 nitrogen and oxygen atoms in total. The molecule has 2 saturated heterocycles. The number of amides is 1. The molecule has 6 heteroatoms. The van der Waals surface area contributed by atoms with Crippen LogP contribution in [-0.2, 0) is 14.3 Å². The summed E-state index contributed by atoms with van der Waals surface area (Å²) in [5.41, 5.74) is 3.22. The molecule has 0 aromatic heterocycles. The quantitative estimate of drug-likeness (QED) is 0.636. The number of piperidine rings is 1. The highest BCUT2D eigenvalue weighted by atomic mass is 16.5. The van der Waals surface area contributed by atoms with Crippen LogP contribution in [0.2, 0.25) is 0 Å². The summed E-state index contributed by atoms with van der Waals surface area (Å²) in [4.78, 5) is 23.5. The largest absolute Gasteiger partial charge is 0.466 e. The molecule has 0 aromatic carbocycles. The lowest BCUT2D eigenvalue weighted by Crippen LogP contribution is -2.55. The Morgan fingerprint density at radius 2 is 2.29 bits per heavy atom. The highest BCUT2D eigenvalue weighted by molar-refractivity contribution is 5.85. The Hall–Kier alpha value is -1.14. The van der Waals surface area contributed by atoms with Crippen molar-refractivity contribution in [3.63, 3.8) is 0 Å². The number of fused-ring (bicyclic) bond motifs is 1. The van der Waals surface area contributed by atoms with Gasteiger partial charge in [0.2, 0.25) is 5.91 Å². The molecule has 0 spiro atoms. The zero-order valence-corrected chi connectivity index (χ0v) is 10.4. The van der Waals surface area contributed by atoms with Gasteiger partial charge in [0.25, 0.3) is 0 Å². The third-order valence-electron chi connectivity index (χ3n) is 3.53. The van der Waals surface area contributed by atoms with E-state index in [4.69, 9.17) is 4.74 Å². The number of ether oxygens (including phenoxy) is 1. The van der Waals surface area contributed by atoms with Crippen molar-refractivity contribution < 1.29 is 14.3 Å². The SMILES string of the molecule is CCOC(=O)C1CC(=O)NC2C1C(C)NN2C. The van der Waals surface area contributed by atoms with E-state index in [9.17, 15) is 9.59 Å². The van der Waals surface area contributed by atoms with Crippen LogP contribution in [0, 0.1) is 11.8 Å². The third-order valence-corrected chi connectivity index (χ3v) is 3.53. The molecular weight excluding hydrogens is 222 g/mol. The standard InChI is InChI=1S/C11H19N3O3/c1-4-17-11(16)7-5-8(15)12-10-9(7)6(2)13-14(10)3/h6-7,9-10,13H,4-5H2,1-3H3,(H,12,15). The number of hydrazine groups is 1. The molecule has 4 unspecified atom stereocenters. The van der Waals surface area contributed by atoms with Gasteiger partial charge in [-0.15, -0.1) is 0 Å². The van der Waals surface area contributed by atoms with Gasteiger partial charge >= 0.3 is 5.97 Å². The third kappa shape index (κ3) is 2.14. The van der Waals surface area contributed by atoms with Crippen molar-refractivity contribution in [2.75, 3.05) is 13.7 Å². The van der Waals surface area contributed by atoms with E-state index in [1.165, 1.54) is 0 Å². The van der Waals surface area contributed by atoms with Crippen molar-refractivity contribution in [2.24, 2.45) is 11.8 Å². The number of nitrogens with zero attached hydrogens (tertiary/aromatic N) is 1. The second-order valence-corrected chi connectivity index (χ2v) is 4.68. The summed E-state index contributed by atoms with van der Waals surface area (Å²) in [7, 11) is 1.87. The van der Waals surface area contributed by atoms with Gasteiger partial charge in [0.05, 0.1) is 18.7 Å². The lowest BCUT2D eigenvalue weighted by molar-refractivity contribution is -0.155. The van der Waals surface area contributed by atoms with Crippen LogP contribution in [0.15, 0.2) is 0 Å². The van der Waals surface area contributed by atoms with Crippen LogP contribution in [0.1, 0.15) is 20.3 Å². The van der Waals surface area contributed by atoms with Gasteiger partial charge in [-0.1, -0.05) is 0 Å². The van der Waals surface area contributed by atoms with Crippen molar-refractivity contribution in [3.8, 4) is 0 Å². The molecular formula is C11H19N3O3. The average Bonchev–Trinajstić information content (AvgIpc) is 2.54. The van der Waals surface area contributed by atoms with Crippen LogP contribution < -0.4 is 10.7 Å². The topological polar surface area (TPSA) is 70.7 Å². The first-order valence-electron chi connectivity index (χ1n) is 5.99. The number of hydrogen-bond donors (Lipinski definition) is 2. The Labute approximate surface area is 101 Å². The predicted octanol–water partition coefficient (Wildman–Crippen LogP) is -0.534. The van der Waals surface area contributed by atoms with Crippen molar-refractivity contribution in [1.82, 2.24) is 15.8 Å². The number of carbonyl (C=O) groups is 2. The second kappa shape index (κ2) is 4.62. The zero-order chi connectivity index (χ0) is 12.6. The van der Waals surface area contributed by atoms with Crippen LogP contribution in [-0.4, -0.2) is 42.7 Å². The van der Waals surface area contributed by atoms with Crippen LogP contribution in [0.5, 0.6) is 0 Å². The van der Waals surface area contributed by atoms with E-state index >= 15 is 0 Å². The molecule has 17 heavy (non-hydrogen) atoms. The highest BCUT2D eigenvalue weighted by Gasteiger charge is 2.49. The first-order valence-corrected chi connectivity index (χ1v) is 5.99.